The van der Waals surface area contributed by atoms with Crippen LogP contribution in [0, 0.1) is 5.92 Å². The summed E-state index contributed by atoms with van der Waals surface area (Å²) in [6, 6.07) is 3.87. The molecule has 0 bridgehead atoms. The lowest BCUT2D eigenvalue weighted by Crippen LogP contribution is -2.37. The molecule has 0 aliphatic heterocycles. The smallest absolute Gasteiger partial charge is 0.305 e. The first kappa shape index (κ1) is 21.3. The van der Waals surface area contributed by atoms with Crippen molar-refractivity contribution in [3.8, 4) is 0 Å². The Morgan fingerprint density at radius 2 is 1.75 bits per heavy atom. The minimum Gasteiger partial charge on any atom is -0.547 e. The van der Waals surface area contributed by atoms with Gasteiger partial charge in [-0.3, -0.25) is 4.79 Å². The third-order valence-corrected chi connectivity index (χ3v) is 9.84. The average molecular weight is 355 g/mol. The maximum Gasteiger partial charge on any atom is 0.305 e. The lowest BCUT2D eigenvalue weighted by molar-refractivity contribution is -0.143. The molecule has 3 nitrogen and oxygen atoms in total. The Morgan fingerprint density at radius 1 is 1.12 bits per heavy atom. The van der Waals surface area contributed by atoms with E-state index in [-0.39, 0.29) is 5.97 Å². The molecule has 0 aromatic carbocycles. The Morgan fingerprint density at radius 3 is 2.29 bits per heavy atom. The van der Waals surface area contributed by atoms with Gasteiger partial charge in [0.1, 0.15) is 0 Å². The normalized spacial score (nSPS) is 17.7. The fourth-order valence-corrected chi connectivity index (χ4v) is 8.50. The number of allylic oxidation sites excluding steroid dienone is 2. The van der Waals surface area contributed by atoms with Crippen LogP contribution in [0.3, 0.4) is 0 Å². The van der Waals surface area contributed by atoms with E-state index in [9.17, 15) is 4.79 Å². The van der Waals surface area contributed by atoms with Gasteiger partial charge in [-0.2, -0.15) is 0 Å². The second-order valence-corrected chi connectivity index (χ2v) is 11.2. The Labute approximate surface area is 150 Å². The van der Waals surface area contributed by atoms with Crippen molar-refractivity contribution in [3.63, 3.8) is 0 Å². The first-order valence-electron chi connectivity index (χ1n) is 10.1. The van der Waals surface area contributed by atoms with Crippen LogP contribution >= 0.6 is 0 Å². The molecule has 0 fully saturated rings. The predicted molar refractivity (Wildman–Crippen MR) is 103 cm³/mol. The van der Waals surface area contributed by atoms with E-state index in [1.807, 2.05) is 6.92 Å². The van der Waals surface area contributed by atoms with Crippen molar-refractivity contribution in [3.05, 3.63) is 11.8 Å². The molecule has 140 valence electrons. The van der Waals surface area contributed by atoms with Gasteiger partial charge in [0.25, 0.3) is 8.32 Å². The van der Waals surface area contributed by atoms with Crippen molar-refractivity contribution in [2.45, 2.75) is 97.2 Å². The summed E-state index contributed by atoms with van der Waals surface area (Å²) in [7, 11) is -1.59. The summed E-state index contributed by atoms with van der Waals surface area (Å²) in [5.74, 6) is 1.79. The lowest BCUT2D eigenvalue weighted by Gasteiger charge is -2.32. The number of rotatable bonds is 13. The van der Waals surface area contributed by atoms with Gasteiger partial charge in [0.15, 0.2) is 0 Å². The van der Waals surface area contributed by atoms with E-state index in [0.29, 0.717) is 18.9 Å². The number of hydrogen-bond donors (Lipinski definition) is 0. The quantitative estimate of drug-likeness (QED) is 0.291. The summed E-state index contributed by atoms with van der Waals surface area (Å²) in [5, 5.41) is 0. The van der Waals surface area contributed by atoms with Crippen LogP contribution in [0.1, 0.15) is 79.1 Å². The molecule has 0 radical (unpaired) electrons. The SMILES string of the molecule is CCC[Si](CCC)(CCC)OC1=CC(CCCC(=O)OCC)CC1. The monoisotopic (exact) mass is 354 g/mol. The van der Waals surface area contributed by atoms with Crippen LogP contribution in [-0.2, 0) is 14.0 Å². The van der Waals surface area contributed by atoms with Crippen LogP contribution in [0.2, 0.25) is 18.1 Å². The Bertz CT molecular complexity index is 375. The highest BCUT2D eigenvalue weighted by molar-refractivity contribution is 6.74. The lowest BCUT2D eigenvalue weighted by atomic mass is 10.0. The number of carbonyl (C=O) groups excluding carboxylic acids is 1. The van der Waals surface area contributed by atoms with Crippen molar-refractivity contribution >= 4 is 14.3 Å². The summed E-state index contributed by atoms with van der Waals surface area (Å²) >= 11 is 0. The molecule has 1 rings (SSSR count). The standard InChI is InChI=1S/C20H38O3Si/c1-5-14-24(15-6-2,16-7-3)23-19-13-12-18(17-19)10-9-11-20(21)22-8-4/h17-18H,5-16H2,1-4H3. The van der Waals surface area contributed by atoms with E-state index in [0.717, 1.165) is 19.3 Å². The van der Waals surface area contributed by atoms with Crippen molar-refractivity contribution in [2.24, 2.45) is 5.92 Å². The van der Waals surface area contributed by atoms with Crippen LogP contribution in [0.4, 0.5) is 0 Å². The van der Waals surface area contributed by atoms with Crippen LogP contribution < -0.4 is 0 Å². The molecule has 0 saturated carbocycles. The summed E-state index contributed by atoms with van der Waals surface area (Å²) in [6.07, 6.45) is 10.9. The van der Waals surface area contributed by atoms with Crippen molar-refractivity contribution in [1.82, 2.24) is 0 Å². The van der Waals surface area contributed by atoms with Gasteiger partial charge >= 0.3 is 5.97 Å². The largest absolute Gasteiger partial charge is 0.547 e. The average Bonchev–Trinajstić information content (AvgIpc) is 2.95. The predicted octanol–water partition coefficient (Wildman–Crippen LogP) is 6.21. The highest BCUT2D eigenvalue weighted by Gasteiger charge is 2.35. The molecule has 24 heavy (non-hydrogen) atoms. The van der Waals surface area contributed by atoms with E-state index < -0.39 is 8.32 Å². The van der Waals surface area contributed by atoms with Gasteiger partial charge in [-0.15, -0.1) is 0 Å². The molecule has 0 saturated heterocycles. The van der Waals surface area contributed by atoms with Crippen molar-refractivity contribution in [1.29, 1.82) is 0 Å². The molecule has 0 N–H and O–H groups in total. The van der Waals surface area contributed by atoms with Crippen LogP contribution in [0.5, 0.6) is 0 Å². The molecule has 4 heteroatoms. The van der Waals surface area contributed by atoms with Gasteiger partial charge in [0, 0.05) is 12.8 Å². The van der Waals surface area contributed by atoms with E-state index in [2.05, 4.69) is 26.8 Å². The number of ether oxygens (including phenoxy) is 1. The maximum atomic E-state index is 11.4. The van der Waals surface area contributed by atoms with Crippen LogP contribution in [0.15, 0.2) is 11.8 Å². The summed E-state index contributed by atoms with van der Waals surface area (Å²) in [6.45, 7) is 9.21. The minimum atomic E-state index is -1.59. The van der Waals surface area contributed by atoms with Gasteiger partial charge in [-0.1, -0.05) is 40.0 Å². The molecule has 1 atom stereocenters. The fraction of sp³-hybridized carbons (Fsp3) is 0.850. The molecular weight excluding hydrogens is 316 g/mol. The van der Waals surface area contributed by atoms with Crippen LogP contribution in [-0.4, -0.2) is 20.9 Å². The van der Waals surface area contributed by atoms with Crippen molar-refractivity contribution in [2.75, 3.05) is 6.61 Å². The van der Waals surface area contributed by atoms with E-state index >= 15 is 0 Å². The Kier molecular flexibility index (Phi) is 10.4. The highest BCUT2D eigenvalue weighted by Crippen LogP contribution is 2.35. The molecular formula is C20H38O3Si. The fourth-order valence-electron chi connectivity index (χ4n) is 3.98. The molecule has 0 aromatic rings. The third kappa shape index (κ3) is 7.41. The third-order valence-electron chi connectivity index (χ3n) is 4.91. The molecule has 0 aromatic heterocycles. The van der Waals surface area contributed by atoms with Gasteiger partial charge in [-0.05, 0) is 56.3 Å². The summed E-state index contributed by atoms with van der Waals surface area (Å²) in [5.41, 5.74) is 0. The molecule has 0 spiro atoms. The first-order valence-corrected chi connectivity index (χ1v) is 12.7. The molecule has 1 unspecified atom stereocenters. The molecule has 0 heterocycles. The summed E-state index contributed by atoms with van der Waals surface area (Å²) < 4.78 is 11.7. The molecule has 1 aliphatic carbocycles. The van der Waals surface area contributed by atoms with E-state index in [4.69, 9.17) is 9.16 Å². The molecule has 1 aliphatic rings. The Hall–Kier alpha value is -0.773. The molecule has 0 amide bonds. The first-order chi connectivity index (χ1) is 11.6. The van der Waals surface area contributed by atoms with Gasteiger partial charge < -0.3 is 9.16 Å². The second kappa shape index (κ2) is 11.7. The second-order valence-electron chi connectivity index (χ2n) is 7.16. The number of hydrogen-bond acceptors (Lipinski definition) is 3. The van der Waals surface area contributed by atoms with Crippen molar-refractivity contribution < 1.29 is 14.0 Å². The van der Waals surface area contributed by atoms with E-state index in [1.54, 1.807) is 0 Å². The summed E-state index contributed by atoms with van der Waals surface area (Å²) in [4.78, 5) is 11.4. The van der Waals surface area contributed by atoms with Gasteiger partial charge in [0.05, 0.1) is 12.4 Å². The zero-order valence-corrected chi connectivity index (χ0v) is 17.4. The van der Waals surface area contributed by atoms with E-state index in [1.165, 1.54) is 49.6 Å². The van der Waals surface area contributed by atoms with Crippen LogP contribution in [0.25, 0.3) is 0 Å². The zero-order chi connectivity index (χ0) is 17.8. The minimum absolute atomic E-state index is 0.0591. The van der Waals surface area contributed by atoms with Gasteiger partial charge in [-0.25, -0.2) is 0 Å². The maximum absolute atomic E-state index is 11.4. The number of esters is 1. The Balaban J connectivity index is 2.52. The zero-order valence-electron chi connectivity index (χ0n) is 16.4. The number of carbonyl (C=O) groups is 1. The topological polar surface area (TPSA) is 35.5 Å². The highest BCUT2D eigenvalue weighted by atomic mass is 28.4. The van der Waals surface area contributed by atoms with Gasteiger partial charge in [0.2, 0.25) is 0 Å².